The minimum absolute atomic E-state index is 0.223. The lowest BCUT2D eigenvalue weighted by Crippen LogP contribution is -1.96. The van der Waals surface area contributed by atoms with Crippen LogP contribution in [0.25, 0.3) is 0 Å². The number of carboxylic acids is 1. The van der Waals surface area contributed by atoms with Crippen molar-refractivity contribution in [3.63, 3.8) is 0 Å². The van der Waals surface area contributed by atoms with E-state index in [-0.39, 0.29) is 6.42 Å². The Kier molecular flexibility index (Phi) is 5.19. The number of hydrogen-bond donors (Lipinski definition) is 1. The second-order valence-corrected chi connectivity index (χ2v) is 4.28. The Balaban J connectivity index is 2.64. The molecule has 0 aliphatic heterocycles. The smallest absolute Gasteiger partial charge is 0.303 e. The fourth-order valence-electron chi connectivity index (χ4n) is 1.48. The van der Waals surface area contributed by atoms with Gasteiger partial charge in [-0.25, -0.2) is 0 Å². The first-order chi connectivity index (χ1) is 7.67. The number of ether oxygens (including phenoxy) is 1. The van der Waals surface area contributed by atoms with Gasteiger partial charge in [-0.15, -0.1) is 11.8 Å². The van der Waals surface area contributed by atoms with Gasteiger partial charge in [0.05, 0.1) is 7.11 Å². The Morgan fingerprint density at radius 3 is 2.81 bits per heavy atom. The number of carboxylic acid groups (broad SMARTS) is 1. The van der Waals surface area contributed by atoms with Gasteiger partial charge < -0.3 is 9.84 Å². The summed E-state index contributed by atoms with van der Waals surface area (Å²) in [6.07, 6.45) is 3.69. The Hall–Kier alpha value is -1.16. The van der Waals surface area contributed by atoms with Gasteiger partial charge in [0, 0.05) is 11.3 Å². The molecule has 0 unspecified atom stereocenters. The van der Waals surface area contributed by atoms with Crippen molar-refractivity contribution in [1.29, 1.82) is 0 Å². The molecule has 0 fully saturated rings. The summed E-state index contributed by atoms with van der Waals surface area (Å²) in [5.41, 5.74) is 1.16. The van der Waals surface area contributed by atoms with Crippen LogP contribution in [0.5, 0.6) is 5.75 Å². The minimum Gasteiger partial charge on any atom is -0.496 e. The number of methoxy groups -OCH3 is 1. The number of hydrogen-bond acceptors (Lipinski definition) is 3. The van der Waals surface area contributed by atoms with Crippen LogP contribution in [0.4, 0.5) is 0 Å². The summed E-state index contributed by atoms with van der Waals surface area (Å²) in [6.45, 7) is 0. The van der Waals surface area contributed by atoms with Gasteiger partial charge >= 0.3 is 5.97 Å². The molecule has 0 spiro atoms. The van der Waals surface area contributed by atoms with Crippen LogP contribution in [0, 0.1) is 0 Å². The maximum Gasteiger partial charge on any atom is 0.303 e. The van der Waals surface area contributed by atoms with E-state index in [0.29, 0.717) is 6.42 Å². The first kappa shape index (κ1) is 12.9. The number of rotatable bonds is 6. The summed E-state index contributed by atoms with van der Waals surface area (Å²) in [5.74, 6) is 0.132. The van der Waals surface area contributed by atoms with Crippen LogP contribution >= 0.6 is 11.8 Å². The lowest BCUT2D eigenvalue weighted by atomic mass is 10.1. The molecule has 4 heteroatoms. The summed E-state index contributed by atoms with van der Waals surface area (Å²) < 4.78 is 5.22. The lowest BCUT2D eigenvalue weighted by Gasteiger charge is -2.08. The van der Waals surface area contributed by atoms with E-state index < -0.39 is 5.97 Å². The molecule has 16 heavy (non-hydrogen) atoms. The Bertz CT molecular complexity index is 363. The van der Waals surface area contributed by atoms with Crippen LogP contribution in [0.2, 0.25) is 0 Å². The van der Waals surface area contributed by atoms with Crippen LogP contribution in [-0.4, -0.2) is 24.4 Å². The van der Waals surface area contributed by atoms with Crippen molar-refractivity contribution in [2.75, 3.05) is 13.4 Å². The zero-order chi connectivity index (χ0) is 12.0. The molecule has 0 aromatic heterocycles. The fourth-order valence-corrected chi connectivity index (χ4v) is 2.10. The third kappa shape index (κ3) is 3.77. The summed E-state index contributed by atoms with van der Waals surface area (Å²) in [4.78, 5) is 11.5. The van der Waals surface area contributed by atoms with Gasteiger partial charge in [-0.2, -0.15) is 0 Å². The van der Waals surface area contributed by atoms with Gasteiger partial charge in [0.15, 0.2) is 0 Å². The Labute approximate surface area is 99.8 Å². The first-order valence-electron chi connectivity index (χ1n) is 5.10. The normalized spacial score (nSPS) is 10.1. The zero-order valence-corrected chi connectivity index (χ0v) is 10.3. The zero-order valence-electron chi connectivity index (χ0n) is 9.53. The molecule has 0 atom stereocenters. The Morgan fingerprint density at radius 1 is 1.50 bits per heavy atom. The molecule has 0 aliphatic carbocycles. The molecular weight excluding hydrogens is 224 g/mol. The van der Waals surface area contributed by atoms with E-state index >= 15 is 0 Å². The molecule has 0 bridgehead atoms. The average Bonchev–Trinajstić information content (AvgIpc) is 2.28. The molecule has 0 saturated heterocycles. The van der Waals surface area contributed by atoms with Crippen molar-refractivity contribution in [2.24, 2.45) is 0 Å². The highest BCUT2D eigenvalue weighted by Crippen LogP contribution is 2.28. The molecule has 1 rings (SSSR count). The van der Waals surface area contributed by atoms with Gasteiger partial charge in [0.2, 0.25) is 0 Å². The number of aliphatic carboxylic acids is 1. The third-order valence-electron chi connectivity index (χ3n) is 2.30. The van der Waals surface area contributed by atoms with Gasteiger partial charge in [0.25, 0.3) is 0 Å². The van der Waals surface area contributed by atoms with Crippen molar-refractivity contribution in [3.05, 3.63) is 23.8 Å². The van der Waals surface area contributed by atoms with Crippen LogP contribution in [0.3, 0.4) is 0 Å². The summed E-state index contributed by atoms with van der Waals surface area (Å²) in [7, 11) is 1.65. The van der Waals surface area contributed by atoms with E-state index in [9.17, 15) is 4.79 Å². The predicted octanol–water partition coefficient (Wildman–Crippen LogP) is 2.82. The second-order valence-electron chi connectivity index (χ2n) is 3.44. The average molecular weight is 240 g/mol. The summed E-state index contributed by atoms with van der Waals surface area (Å²) in [6, 6.07) is 5.98. The van der Waals surface area contributed by atoms with E-state index in [2.05, 4.69) is 6.07 Å². The SMILES string of the molecule is COc1ccc(CCCC(=O)O)cc1SC. The predicted molar refractivity (Wildman–Crippen MR) is 65.3 cm³/mol. The summed E-state index contributed by atoms with van der Waals surface area (Å²) >= 11 is 1.63. The molecule has 0 radical (unpaired) electrons. The van der Waals surface area contributed by atoms with Crippen molar-refractivity contribution < 1.29 is 14.6 Å². The highest BCUT2D eigenvalue weighted by atomic mass is 32.2. The van der Waals surface area contributed by atoms with Crippen molar-refractivity contribution >= 4 is 17.7 Å². The minimum atomic E-state index is -0.737. The molecular formula is C12H16O3S. The fraction of sp³-hybridized carbons (Fsp3) is 0.417. The molecule has 1 aromatic rings. The van der Waals surface area contributed by atoms with Gasteiger partial charge in [-0.1, -0.05) is 6.07 Å². The largest absolute Gasteiger partial charge is 0.496 e. The van der Waals surface area contributed by atoms with Crippen molar-refractivity contribution in [2.45, 2.75) is 24.2 Å². The molecule has 0 aliphatic rings. The lowest BCUT2D eigenvalue weighted by molar-refractivity contribution is -0.137. The molecule has 1 N–H and O–H groups in total. The number of aryl methyl sites for hydroxylation is 1. The van der Waals surface area contributed by atoms with E-state index in [1.54, 1.807) is 18.9 Å². The first-order valence-corrected chi connectivity index (χ1v) is 6.32. The van der Waals surface area contributed by atoms with Gasteiger partial charge in [-0.3, -0.25) is 4.79 Å². The molecule has 0 amide bonds. The van der Waals surface area contributed by atoms with E-state index in [4.69, 9.17) is 9.84 Å². The molecule has 3 nitrogen and oxygen atoms in total. The topological polar surface area (TPSA) is 46.5 Å². The van der Waals surface area contributed by atoms with Crippen molar-refractivity contribution in [1.82, 2.24) is 0 Å². The highest BCUT2D eigenvalue weighted by Gasteiger charge is 2.04. The van der Waals surface area contributed by atoms with Crippen LogP contribution < -0.4 is 4.74 Å². The third-order valence-corrected chi connectivity index (χ3v) is 3.06. The van der Waals surface area contributed by atoms with Gasteiger partial charge in [-0.05, 0) is 36.8 Å². The van der Waals surface area contributed by atoms with Crippen LogP contribution in [0.15, 0.2) is 23.1 Å². The maximum atomic E-state index is 10.4. The monoisotopic (exact) mass is 240 g/mol. The van der Waals surface area contributed by atoms with Gasteiger partial charge in [0.1, 0.15) is 5.75 Å². The van der Waals surface area contributed by atoms with E-state index in [0.717, 1.165) is 22.6 Å². The number of thioether (sulfide) groups is 1. The number of benzene rings is 1. The van der Waals surface area contributed by atoms with Crippen LogP contribution in [0.1, 0.15) is 18.4 Å². The van der Waals surface area contributed by atoms with Crippen LogP contribution in [-0.2, 0) is 11.2 Å². The molecule has 0 heterocycles. The Morgan fingerprint density at radius 2 is 2.25 bits per heavy atom. The highest BCUT2D eigenvalue weighted by molar-refractivity contribution is 7.98. The molecule has 1 aromatic carbocycles. The number of carbonyl (C=O) groups is 1. The van der Waals surface area contributed by atoms with Crippen molar-refractivity contribution in [3.8, 4) is 5.75 Å². The maximum absolute atomic E-state index is 10.4. The second kappa shape index (κ2) is 6.43. The molecule has 88 valence electrons. The summed E-state index contributed by atoms with van der Waals surface area (Å²) in [5, 5.41) is 8.55. The molecule has 0 saturated carbocycles. The van der Waals surface area contributed by atoms with E-state index in [1.807, 2.05) is 18.4 Å². The standard InChI is InChI=1S/C12H16O3S/c1-15-10-7-6-9(8-11(10)16-2)4-3-5-12(13)14/h6-8H,3-5H2,1-2H3,(H,13,14). The quantitative estimate of drug-likeness (QED) is 0.777. The van der Waals surface area contributed by atoms with E-state index in [1.165, 1.54) is 0 Å².